The molecule has 1 nitrogen and oxygen atoms in total. The van der Waals surface area contributed by atoms with Gasteiger partial charge in [0.25, 0.3) is 0 Å². The lowest BCUT2D eigenvalue weighted by atomic mass is 9.97. The van der Waals surface area contributed by atoms with Crippen LogP contribution in [-0.4, -0.2) is 6.04 Å². The highest BCUT2D eigenvalue weighted by molar-refractivity contribution is 5.65. The highest BCUT2D eigenvalue weighted by atomic mass is 14.6. The van der Waals surface area contributed by atoms with Gasteiger partial charge in [-0.25, -0.2) is 0 Å². The normalized spacial score (nSPS) is 12.4. The van der Waals surface area contributed by atoms with Crippen LogP contribution < -0.4 is 5.73 Å². The molecule has 0 aromatic heterocycles. The van der Waals surface area contributed by atoms with Gasteiger partial charge in [0.05, 0.1) is 0 Å². The van der Waals surface area contributed by atoms with Crippen LogP contribution in [-0.2, 0) is 6.42 Å². The fourth-order valence-electron chi connectivity index (χ4n) is 2.47. The van der Waals surface area contributed by atoms with Crippen LogP contribution in [0.5, 0.6) is 0 Å². The molecule has 0 bridgehead atoms. The molecule has 0 radical (unpaired) electrons. The molecule has 0 aliphatic carbocycles. The van der Waals surface area contributed by atoms with Crippen LogP contribution in [0.2, 0.25) is 0 Å². The Morgan fingerprint density at radius 2 is 1.63 bits per heavy atom. The van der Waals surface area contributed by atoms with Crippen LogP contribution in [0.3, 0.4) is 0 Å². The van der Waals surface area contributed by atoms with Gasteiger partial charge in [0.2, 0.25) is 0 Å². The largest absolute Gasteiger partial charge is 0.327 e. The minimum atomic E-state index is 0.259. The van der Waals surface area contributed by atoms with Crippen LogP contribution in [0.4, 0.5) is 0 Å². The summed E-state index contributed by atoms with van der Waals surface area (Å²) in [6, 6.07) is 15.7. The summed E-state index contributed by atoms with van der Waals surface area (Å²) in [5.74, 6) is 0. The van der Waals surface area contributed by atoms with E-state index in [4.69, 9.17) is 5.73 Å². The van der Waals surface area contributed by atoms with E-state index < -0.39 is 0 Å². The average Bonchev–Trinajstić information content (AvgIpc) is 2.38. The first-order chi connectivity index (χ1) is 9.08. The molecule has 19 heavy (non-hydrogen) atoms. The Balaban J connectivity index is 2.32. The Hall–Kier alpha value is -1.60. The SMILES string of the molecule is CCC(N)Cc1cccc(-c2cc(C)cc(C)c2)c1. The minimum absolute atomic E-state index is 0.259. The average molecular weight is 253 g/mol. The van der Waals surface area contributed by atoms with E-state index in [9.17, 15) is 0 Å². The maximum absolute atomic E-state index is 6.04. The van der Waals surface area contributed by atoms with Crippen molar-refractivity contribution in [3.8, 4) is 11.1 Å². The molecule has 0 aliphatic heterocycles. The first-order valence-corrected chi connectivity index (χ1v) is 7.01. The van der Waals surface area contributed by atoms with Gasteiger partial charge >= 0.3 is 0 Å². The summed E-state index contributed by atoms with van der Waals surface area (Å²) in [6.07, 6.45) is 1.98. The number of hydrogen-bond donors (Lipinski definition) is 1. The molecule has 0 spiro atoms. The summed E-state index contributed by atoms with van der Waals surface area (Å²) in [6.45, 7) is 6.43. The van der Waals surface area contributed by atoms with E-state index in [0.29, 0.717) is 0 Å². The number of rotatable bonds is 4. The predicted octanol–water partition coefficient (Wildman–Crippen LogP) is 4.25. The zero-order valence-corrected chi connectivity index (χ0v) is 12.1. The van der Waals surface area contributed by atoms with Crippen molar-refractivity contribution in [2.75, 3.05) is 0 Å². The number of hydrogen-bond acceptors (Lipinski definition) is 1. The van der Waals surface area contributed by atoms with Crippen molar-refractivity contribution in [2.24, 2.45) is 5.73 Å². The second-order valence-corrected chi connectivity index (χ2v) is 5.45. The van der Waals surface area contributed by atoms with Gasteiger partial charge in [-0.2, -0.15) is 0 Å². The highest BCUT2D eigenvalue weighted by Gasteiger charge is 2.04. The fourth-order valence-corrected chi connectivity index (χ4v) is 2.47. The Morgan fingerprint density at radius 1 is 0.947 bits per heavy atom. The monoisotopic (exact) mass is 253 g/mol. The number of benzene rings is 2. The first-order valence-electron chi connectivity index (χ1n) is 7.01. The molecule has 1 unspecified atom stereocenters. The minimum Gasteiger partial charge on any atom is -0.327 e. The lowest BCUT2D eigenvalue weighted by Crippen LogP contribution is -2.21. The lowest BCUT2D eigenvalue weighted by Gasteiger charge is -2.11. The molecule has 2 aromatic rings. The lowest BCUT2D eigenvalue weighted by molar-refractivity contribution is 0.646. The predicted molar refractivity (Wildman–Crippen MR) is 83.3 cm³/mol. The maximum atomic E-state index is 6.04. The topological polar surface area (TPSA) is 26.0 Å². The van der Waals surface area contributed by atoms with Crippen molar-refractivity contribution in [2.45, 2.75) is 39.7 Å². The molecule has 2 rings (SSSR count). The summed E-state index contributed by atoms with van der Waals surface area (Å²) in [5, 5.41) is 0. The Bertz CT molecular complexity index is 537. The molecule has 100 valence electrons. The van der Waals surface area contributed by atoms with Crippen LogP contribution >= 0.6 is 0 Å². The van der Waals surface area contributed by atoms with Gasteiger partial charge < -0.3 is 5.73 Å². The van der Waals surface area contributed by atoms with Gasteiger partial charge in [0, 0.05) is 6.04 Å². The smallest absolute Gasteiger partial charge is 0.00767 e. The number of aryl methyl sites for hydroxylation is 2. The summed E-state index contributed by atoms with van der Waals surface area (Å²) in [4.78, 5) is 0. The third kappa shape index (κ3) is 3.68. The van der Waals surface area contributed by atoms with E-state index >= 15 is 0 Å². The molecule has 1 atom stereocenters. The van der Waals surface area contributed by atoms with Gasteiger partial charge in [-0.3, -0.25) is 0 Å². The van der Waals surface area contributed by atoms with Crippen LogP contribution in [0.1, 0.15) is 30.0 Å². The van der Waals surface area contributed by atoms with Crippen molar-refractivity contribution in [1.29, 1.82) is 0 Å². The zero-order chi connectivity index (χ0) is 13.8. The molecule has 2 N–H and O–H groups in total. The fraction of sp³-hybridized carbons (Fsp3) is 0.333. The van der Waals surface area contributed by atoms with Gasteiger partial charge in [-0.15, -0.1) is 0 Å². The van der Waals surface area contributed by atoms with Gasteiger partial charge in [-0.1, -0.05) is 60.5 Å². The van der Waals surface area contributed by atoms with E-state index in [1.54, 1.807) is 0 Å². The van der Waals surface area contributed by atoms with Gasteiger partial charge in [-0.05, 0) is 43.4 Å². The van der Waals surface area contributed by atoms with Crippen LogP contribution in [0.25, 0.3) is 11.1 Å². The second-order valence-electron chi connectivity index (χ2n) is 5.45. The van der Waals surface area contributed by atoms with Gasteiger partial charge in [0.1, 0.15) is 0 Å². The second kappa shape index (κ2) is 6.03. The van der Waals surface area contributed by atoms with E-state index in [0.717, 1.165) is 12.8 Å². The van der Waals surface area contributed by atoms with Gasteiger partial charge in [0.15, 0.2) is 0 Å². The van der Waals surface area contributed by atoms with Crippen molar-refractivity contribution in [3.05, 3.63) is 59.2 Å². The third-order valence-corrected chi connectivity index (χ3v) is 3.50. The standard InChI is InChI=1S/C18H23N/c1-4-18(19)12-15-6-5-7-16(11-15)17-9-13(2)8-14(3)10-17/h5-11,18H,4,12,19H2,1-3H3. The third-order valence-electron chi connectivity index (χ3n) is 3.50. The quantitative estimate of drug-likeness (QED) is 0.866. The molecule has 2 aromatic carbocycles. The van der Waals surface area contributed by atoms with Crippen molar-refractivity contribution in [1.82, 2.24) is 0 Å². The molecule has 0 amide bonds. The summed E-state index contributed by atoms with van der Waals surface area (Å²) < 4.78 is 0. The van der Waals surface area contributed by atoms with Crippen molar-refractivity contribution < 1.29 is 0 Å². The Labute approximate surface area is 116 Å². The molecule has 0 aliphatic rings. The maximum Gasteiger partial charge on any atom is 0.00767 e. The molecule has 1 heteroatoms. The van der Waals surface area contributed by atoms with Crippen molar-refractivity contribution >= 4 is 0 Å². The number of nitrogens with two attached hydrogens (primary N) is 1. The van der Waals surface area contributed by atoms with Crippen LogP contribution in [0.15, 0.2) is 42.5 Å². The molecule has 0 saturated heterocycles. The van der Waals surface area contributed by atoms with E-state index in [-0.39, 0.29) is 6.04 Å². The van der Waals surface area contributed by atoms with Crippen LogP contribution in [0, 0.1) is 13.8 Å². The van der Waals surface area contributed by atoms with E-state index in [2.05, 4.69) is 63.2 Å². The molecular weight excluding hydrogens is 230 g/mol. The molecule has 0 heterocycles. The van der Waals surface area contributed by atoms with E-state index in [1.165, 1.54) is 27.8 Å². The summed E-state index contributed by atoms with van der Waals surface area (Å²) >= 11 is 0. The summed E-state index contributed by atoms with van der Waals surface area (Å²) in [7, 11) is 0. The van der Waals surface area contributed by atoms with Crippen molar-refractivity contribution in [3.63, 3.8) is 0 Å². The molecular formula is C18H23N. The highest BCUT2D eigenvalue weighted by Crippen LogP contribution is 2.23. The zero-order valence-electron chi connectivity index (χ0n) is 12.1. The summed E-state index contributed by atoms with van der Waals surface area (Å²) in [5.41, 5.74) is 12.6. The molecule has 0 saturated carbocycles. The Morgan fingerprint density at radius 3 is 2.26 bits per heavy atom. The Kier molecular flexibility index (Phi) is 4.39. The molecule has 0 fully saturated rings. The van der Waals surface area contributed by atoms with E-state index in [1.807, 2.05) is 0 Å². The first kappa shape index (κ1) is 13.8.